The second kappa shape index (κ2) is 3.94. The van der Waals surface area contributed by atoms with Gasteiger partial charge in [0.15, 0.2) is 0 Å². The number of aliphatic imine (C=N–C) groups is 1. The predicted molar refractivity (Wildman–Crippen MR) is 70.8 cm³/mol. The van der Waals surface area contributed by atoms with Crippen molar-refractivity contribution >= 4 is 5.84 Å². The maximum atomic E-state index is 10.2. The Bertz CT molecular complexity index is 380. The molecule has 2 heterocycles. The maximum absolute atomic E-state index is 10.2. The van der Waals surface area contributed by atoms with Gasteiger partial charge in [-0.1, -0.05) is 20.3 Å². The van der Waals surface area contributed by atoms with Crippen LogP contribution in [0, 0.1) is 5.41 Å². The summed E-state index contributed by atoms with van der Waals surface area (Å²) in [5.74, 6) is 0.992. The molecule has 0 bridgehead atoms. The summed E-state index contributed by atoms with van der Waals surface area (Å²) < 4.78 is 5.44. The van der Waals surface area contributed by atoms with Crippen molar-refractivity contribution in [3.05, 3.63) is 0 Å². The van der Waals surface area contributed by atoms with Crippen LogP contribution in [0.25, 0.3) is 0 Å². The van der Waals surface area contributed by atoms with Crippen LogP contribution in [0.1, 0.15) is 39.5 Å². The molecule has 4 nitrogen and oxygen atoms in total. The summed E-state index contributed by atoms with van der Waals surface area (Å²) in [5, 5.41) is 10.2. The van der Waals surface area contributed by atoms with Gasteiger partial charge in [0, 0.05) is 25.7 Å². The molecule has 102 valence electrons. The van der Waals surface area contributed by atoms with Gasteiger partial charge in [-0.25, -0.2) is 0 Å². The third-order valence-corrected chi connectivity index (χ3v) is 5.47. The summed E-state index contributed by atoms with van der Waals surface area (Å²) in [6, 6.07) is 0. The molecule has 2 aliphatic heterocycles. The van der Waals surface area contributed by atoms with E-state index in [1.807, 2.05) is 0 Å². The number of nitrogens with zero attached hydrogens (tertiary/aromatic N) is 2. The van der Waals surface area contributed by atoms with Crippen LogP contribution in [0.2, 0.25) is 0 Å². The molecule has 0 unspecified atom stereocenters. The van der Waals surface area contributed by atoms with Crippen LogP contribution in [0.3, 0.4) is 0 Å². The van der Waals surface area contributed by atoms with Crippen molar-refractivity contribution in [3.8, 4) is 0 Å². The largest absolute Gasteiger partial charge is 0.388 e. The predicted octanol–water partition coefficient (Wildman–Crippen LogP) is 1.43. The van der Waals surface area contributed by atoms with Gasteiger partial charge in [0.1, 0.15) is 18.0 Å². The normalized spacial score (nSPS) is 42.2. The standard InChI is InChI=1S/C14H24N2O2/c1-13(2)5-4-6-14(13)7-8-15-12-11(18-3)10(17)9-16(12)14/h10-11,17H,4-9H2,1-3H3/t10-,11+,14+/m0/s1. The molecule has 1 N–H and O–H groups in total. The van der Waals surface area contributed by atoms with E-state index >= 15 is 0 Å². The smallest absolute Gasteiger partial charge is 0.142 e. The highest BCUT2D eigenvalue weighted by Gasteiger charge is 2.58. The highest BCUT2D eigenvalue weighted by Crippen LogP contribution is 2.54. The Morgan fingerprint density at radius 2 is 2.11 bits per heavy atom. The summed E-state index contributed by atoms with van der Waals surface area (Å²) in [6.07, 6.45) is 4.24. The summed E-state index contributed by atoms with van der Waals surface area (Å²) in [5.41, 5.74) is 0.495. The highest BCUT2D eigenvalue weighted by atomic mass is 16.5. The molecule has 1 saturated heterocycles. The van der Waals surface area contributed by atoms with Gasteiger partial charge in [0.25, 0.3) is 0 Å². The van der Waals surface area contributed by atoms with Crippen LogP contribution < -0.4 is 0 Å². The van der Waals surface area contributed by atoms with E-state index in [1.54, 1.807) is 7.11 Å². The number of amidine groups is 1. The van der Waals surface area contributed by atoms with E-state index < -0.39 is 6.10 Å². The lowest BCUT2D eigenvalue weighted by Gasteiger charge is -2.51. The monoisotopic (exact) mass is 252 g/mol. The van der Waals surface area contributed by atoms with E-state index in [1.165, 1.54) is 19.3 Å². The second-order valence-corrected chi connectivity index (χ2v) is 6.59. The van der Waals surface area contributed by atoms with E-state index in [4.69, 9.17) is 4.74 Å². The topological polar surface area (TPSA) is 45.1 Å². The van der Waals surface area contributed by atoms with Gasteiger partial charge in [-0.3, -0.25) is 4.99 Å². The maximum Gasteiger partial charge on any atom is 0.142 e. The zero-order valence-corrected chi connectivity index (χ0v) is 11.6. The van der Waals surface area contributed by atoms with Gasteiger partial charge >= 0.3 is 0 Å². The Morgan fingerprint density at radius 3 is 2.72 bits per heavy atom. The number of hydrogen-bond donors (Lipinski definition) is 1. The number of ether oxygens (including phenoxy) is 1. The van der Waals surface area contributed by atoms with E-state index in [0.717, 1.165) is 18.8 Å². The second-order valence-electron chi connectivity index (χ2n) is 6.59. The highest BCUT2D eigenvalue weighted by molar-refractivity contribution is 5.91. The molecule has 3 rings (SSSR count). The Balaban J connectivity index is 2.00. The van der Waals surface area contributed by atoms with E-state index in [2.05, 4.69) is 23.7 Å². The van der Waals surface area contributed by atoms with Crippen molar-refractivity contribution in [2.75, 3.05) is 20.2 Å². The Morgan fingerprint density at radius 1 is 1.33 bits per heavy atom. The Labute approximate surface area is 109 Å². The first kappa shape index (κ1) is 12.4. The molecule has 3 aliphatic rings. The molecule has 1 saturated carbocycles. The minimum Gasteiger partial charge on any atom is -0.388 e. The van der Waals surface area contributed by atoms with Crippen molar-refractivity contribution in [2.45, 2.75) is 57.3 Å². The molecule has 3 atom stereocenters. The first-order chi connectivity index (χ1) is 8.52. The molecule has 0 radical (unpaired) electrons. The van der Waals surface area contributed by atoms with Crippen LogP contribution >= 0.6 is 0 Å². The van der Waals surface area contributed by atoms with Crippen molar-refractivity contribution in [1.82, 2.24) is 4.90 Å². The fourth-order valence-corrected chi connectivity index (χ4v) is 4.38. The first-order valence-corrected chi connectivity index (χ1v) is 7.05. The summed E-state index contributed by atoms with van der Waals surface area (Å²) in [4.78, 5) is 7.01. The van der Waals surface area contributed by atoms with Crippen LogP contribution in [0.5, 0.6) is 0 Å². The fourth-order valence-electron chi connectivity index (χ4n) is 4.38. The molecule has 1 aliphatic carbocycles. The Kier molecular flexibility index (Phi) is 2.72. The molecule has 0 amide bonds. The van der Waals surface area contributed by atoms with Gasteiger partial charge in [-0.2, -0.15) is 0 Å². The summed E-state index contributed by atoms with van der Waals surface area (Å²) in [6.45, 7) is 6.30. The van der Waals surface area contributed by atoms with E-state index in [9.17, 15) is 5.11 Å². The lowest BCUT2D eigenvalue weighted by atomic mass is 9.71. The summed E-state index contributed by atoms with van der Waals surface area (Å²) >= 11 is 0. The zero-order valence-electron chi connectivity index (χ0n) is 11.6. The molecular formula is C14H24N2O2. The van der Waals surface area contributed by atoms with Gasteiger partial charge in [-0.15, -0.1) is 0 Å². The van der Waals surface area contributed by atoms with Crippen LogP contribution in [-0.2, 0) is 4.74 Å². The minimum absolute atomic E-state index is 0.193. The van der Waals surface area contributed by atoms with Gasteiger partial charge in [0.2, 0.25) is 0 Å². The summed E-state index contributed by atoms with van der Waals surface area (Å²) in [7, 11) is 1.67. The van der Waals surface area contributed by atoms with Crippen LogP contribution in [-0.4, -0.2) is 53.8 Å². The molecule has 0 aromatic heterocycles. The third kappa shape index (κ3) is 1.42. The zero-order chi connectivity index (χ0) is 13.0. The van der Waals surface area contributed by atoms with E-state index in [0.29, 0.717) is 12.0 Å². The number of β-amino-alcohol motifs (C(OH)–C–C–N with tert-alkyl or cyclic N) is 1. The van der Waals surface area contributed by atoms with Crippen molar-refractivity contribution in [1.29, 1.82) is 0 Å². The van der Waals surface area contributed by atoms with Crippen molar-refractivity contribution in [3.63, 3.8) is 0 Å². The van der Waals surface area contributed by atoms with Gasteiger partial charge in [-0.05, 0) is 24.7 Å². The van der Waals surface area contributed by atoms with E-state index in [-0.39, 0.29) is 11.6 Å². The Hall–Kier alpha value is -0.610. The minimum atomic E-state index is -0.430. The number of rotatable bonds is 1. The van der Waals surface area contributed by atoms with Crippen molar-refractivity contribution < 1.29 is 9.84 Å². The van der Waals surface area contributed by atoms with Gasteiger partial charge in [0.05, 0.1) is 0 Å². The number of aliphatic hydroxyl groups is 1. The van der Waals surface area contributed by atoms with Crippen molar-refractivity contribution in [2.24, 2.45) is 10.4 Å². The number of fused-ring (bicyclic) bond motifs is 2. The molecule has 4 heteroatoms. The molecule has 0 aromatic carbocycles. The number of hydrogen-bond acceptors (Lipinski definition) is 4. The number of aliphatic hydroxyl groups excluding tert-OH is 1. The average molecular weight is 252 g/mol. The lowest BCUT2D eigenvalue weighted by molar-refractivity contribution is 0.0221. The van der Waals surface area contributed by atoms with Crippen LogP contribution in [0.15, 0.2) is 4.99 Å². The molecule has 2 fully saturated rings. The SMILES string of the molecule is CO[C@H]1C2=NCC[C@@]3(CCCC3(C)C)N2C[C@@H]1O. The molecule has 0 aromatic rings. The lowest BCUT2D eigenvalue weighted by Crippen LogP contribution is -2.59. The average Bonchev–Trinajstić information content (AvgIpc) is 2.78. The van der Waals surface area contributed by atoms with Crippen LogP contribution in [0.4, 0.5) is 0 Å². The first-order valence-electron chi connectivity index (χ1n) is 7.05. The molecular weight excluding hydrogens is 228 g/mol. The third-order valence-electron chi connectivity index (χ3n) is 5.47. The van der Waals surface area contributed by atoms with Gasteiger partial charge < -0.3 is 14.7 Å². The molecule has 1 spiro atoms. The fraction of sp³-hybridized carbons (Fsp3) is 0.929. The quantitative estimate of drug-likeness (QED) is 0.768. The molecule has 18 heavy (non-hydrogen) atoms. The number of methoxy groups -OCH3 is 1.